The van der Waals surface area contributed by atoms with Crippen molar-refractivity contribution in [2.75, 3.05) is 34.9 Å². The lowest BCUT2D eigenvalue weighted by Gasteiger charge is -2.26. The Morgan fingerprint density at radius 2 is 1.84 bits per heavy atom. The predicted octanol–water partition coefficient (Wildman–Crippen LogP) is 3.39. The van der Waals surface area contributed by atoms with E-state index < -0.39 is 0 Å². The highest BCUT2D eigenvalue weighted by Crippen LogP contribution is 2.31. The highest BCUT2D eigenvalue weighted by Gasteiger charge is 2.20. The van der Waals surface area contributed by atoms with Gasteiger partial charge in [0, 0.05) is 13.0 Å². The Morgan fingerprint density at radius 1 is 1.16 bits per heavy atom. The average molecular weight is 348 g/mol. The number of nitrogens with zero attached hydrogens (tertiary/aromatic N) is 1. The normalized spacial score (nSPS) is 16.5. The number of nitrogens with one attached hydrogen (secondary N) is 1. The summed E-state index contributed by atoms with van der Waals surface area (Å²) in [5.74, 6) is 2.15. The fourth-order valence-corrected chi connectivity index (χ4v) is 3.59. The van der Waals surface area contributed by atoms with Gasteiger partial charge >= 0.3 is 0 Å². The van der Waals surface area contributed by atoms with Crippen LogP contribution in [0.5, 0.6) is 11.5 Å². The zero-order valence-electron chi connectivity index (χ0n) is 16.0. The molecule has 1 atom stereocenters. The van der Waals surface area contributed by atoms with E-state index in [0.29, 0.717) is 30.4 Å². The first-order valence-electron chi connectivity index (χ1n) is 9.20. The molecule has 0 heterocycles. The van der Waals surface area contributed by atoms with Crippen molar-refractivity contribution in [2.45, 2.75) is 44.6 Å². The van der Waals surface area contributed by atoms with Gasteiger partial charge in [-0.3, -0.25) is 4.79 Å². The van der Waals surface area contributed by atoms with Crippen LogP contribution in [0.1, 0.15) is 50.1 Å². The van der Waals surface area contributed by atoms with Gasteiger partial charge in [0.25, 0.3) is 0 Å². The second-order valence-electron chi connectivity index (χ2n) is 7.11. The van der Waals surface area contributed by atoms with E-state index in [9.17, 15) is 4.79 Å². The maximum Gasteiger partial charge on any atom is 0.220 e. The van der Waals surface area contributed by atoms with E-state index in [1.54, 1.807) is 14.2 Å². The molecule has 2 rings (SSSR count). The van der Waals surface area contributed by atoms with Crippen LogP contribution in [-0.4, -0.2) is 45.7 Å². The minimum atomic E-state index is 0.0927. The SMILES string of the molecule is COc1ccc(C(CNC(=O)CC2CCCCC2)N(C)C)cc1OC. The number of methoxy groups -OCH3 is 2. The molecule has 1 unspecified atom stereocenters. The van der Waals surface area contributed by atoms with Gasteiger partial charge in [-0.1, -0.05) is 25.3 Å². The van der Waals surface area contributed by atoms with Crippen molar-refractivity contribution in [1.82, 2.24) is 10.2 Å². The molecule has 0 spiro atoms. The summed E-state index contributed by atoms with van der Waals surface area (Å²) in [4.78, 5) is 14.4. The number of amides is 1. The van der Waals surface area contributed by atoms with Crippen LogP contribution in [0.4, 0.5) is 0 Å². The lowest BCUT2D eigenvalue weighted by molar-refractivity contribution is -0.122. The van der Waals surface area contributed by atoms with Gasteiger partial charge in [-0.25, -0.2) is 0 Å². The molecule has 0 aromatic heterocycles. The van der Waals surface area contributed by atoms with Crippen LogP contribution in [0.15, 0.2) is 18.2 Å². The molecule has 1 aromatic carbocycles. The number of carbonyl (C=O) groups is 1. The largest absolute Gasteiger partial charge is 0.493 e. The molecule has 1 fully saturated rings. The van der Waals surface area contributed by atoms with E-state index in [4.69, 9.17) is 9.47 Å². The van der Waals surface area contributed by atoms with Gasteiger partial charge in [0.2, 0.25) is 5.91 Å². The fourth-order valence-electron chi connectivity index (χ4n) is 3.59. The minimum absolute atomic E-state index is 0.0927. The monoisotopic (exact) mass is 348 g/mol. The van der Waals surface area contributed by atoms with E-state index in [0.717, 1.165) is 5.56 Å². The van der Waals surface area contributed by atoms with Crippen LogP contribution in [-0.2, 0) is 4.79 Å². The Kier molecular flexibility index (Phi) is 7.56. The van der Waals surface area contributed by atoms with Crippen molar-refractivity contribution in [1.29, 1.82) is 0 Å². The second-order valence-corrected chi connectivity index (χ2v) is 7.11. The van der Waals surface area contributed by atoms with Crippen molar-refractivity contribution in [3.05, 3.63) is 23.8 Å². The third-order valence-corrected chi connectivity index (χ3v) is 5.11. The maximum absolute atomic E-state index is 12.3. The molecule has 1 saturated carbocycles. The molecule has 0 aliphatic heterocycles. The summed E-state index contributed by atoms with van der Waals surface area (Å²) < 4.78 is 10.7. The second kappa shape index (κ2) is 9.66. The molecular weight excluding hydrogens is 316 g/mol. The van der Waals surface area contributed by atoms with Gasteiger partial charge in [-0.15, -0.1) is 0 Å². The smallest absolute Gasteiger partial charge is 0.220 e. The maximum atomic E-state index is 12.3. The van der Waals surface area contributed by atoms with Crippen molar-refractivity contribution >= 4 is 5.91 Å². The number of hydrogen-bond donors (Lipinski definition) is 1. The molecule has 1 aromatic rings. The highest BCUT2D eigenvalue weighted by atomic mass is 16.5. The number of carbonyl (C=O) groups excluding carboxylic acids is 1. The Labute approximate surface area is 151 Å². The molecule has 140 valence electrons. The number of likely N-dealkylation sites (N-methyl/N-ethyl adjacent to an activating group) is 1. The van der Waals surface area contributed by atoms with E-state index in [-0.39, 0.29) is 11.9 Å². The van der Waals surface area contributed by atoms with Gasteiger partial charge in [0.15, 0.2) is 11.5 Å². The van der Waals surface area contributed by atoms with E-state index in [1.165, 1.54) is 32.1 Å². The topological polar surface area (TPSA) is 50.8 Å². The highest BCUT2D eigenvalue weighted by molar-refractivity contribution is 5.76. The fraction of sp³-hybridized carbons (Fsp3) is 0.650. The Balaban J connectivity index is 1.97. The summed E-state index contributed by atoms with van der Waals surface area (Å²) in [6.07, 6.45) is 6.90. The molecular formula is C20H32N2O3. The Hall–Kier alpha value is -1.75. The summed E-state index contributed by atoms with van der Waals surface area (Å²) in [5.41, 5.74) is 1.10. The van der Waals surface area contributed by atoms with Crippen LogP contribution in [0.25, 0.3) is 0 Å². The molecule has 5 nitrogen and oxygen atoms in total. The van der Waals surface area contributed by atoms with Gasteiger partial charge in [-0.05, 0) is 50.6 Å². The number of benzene rings is 1. The Bertz CT molecular complexity index is 554. The van der Waals surface area contributed by atoms with Gasteiger partial charge in [0.05, 0.1) is 20.3 Å². The van der Waals surface area contributed by atoms with Crippen LogP contribution >= 0.6 is 0 Å². The lowest BCUT2D eigenvalue weighted by atomic mass is 9.87. The molecule has 1 aliphatic rings. The van der Waals surface area contributed by atoms with Crippen LogP contribution in [0.2, 0.25) is 0 Å². The van der Waals surface area contributed by atoms with Gasteiger partial charge in [-0.2, -0.15) is 0 Å². The van der Waals surface area contributed by atoms with Crippen LogP contribution in [0.3, 0.4) is 0 Å². The average Bonchev–Trinajstić information content (AvgIpc) is 2.62. The van der Waals surface area contributed by atoms with Crippen molar-refractivity contribution in [2.24, 2.45) is 5.92 Å². The molecule has 0 saturated heterocycles. The van der Waals surface area contributed by atoms with Crippen molar-refractivity contribution in [3.63, 3.8) is 0 Å². The first-order valence-corrected chi connectivity index (χ1v) is 9.20. The van der Waals surface area contributed by atoms with Crippen LogP contribution in [0, 0.1) is 5.92 Å². The first kappa shape index (κ1) is 19.6. The lowest BCUT2D eigenvalue weighted by Crippen LogP contribution is -2.35. The molecule has 25 heavy (non-hydrogen) atoms. The third kappa shape index (κ3) is 5.63. The zero-order valence-corrected chi connectivity index (χ0v) is 16.0. The molecule has 5 heteroatoms. The van der Waals surface area contributed by atoms with Gasteiger partial charge in [0.1, 0.15) is 0 Å². The van der Waals surface area contributed by atoms with Crippen molar-refractivity contribution < 1.29 is 14.3 Å². The third-order valence-electron chi connectivity index (χ3n) is 5.11. The number of ether oxygens (including phenoxy) is 2. The van der Waals surface area contributed by atoms with Crippen LogP contribution < -0.4 is 14.8 Å². The summed E-state index contributed by atoms with van der Waals surface area (Å²) in [6, 6.07) is 6.01. The summed E-state index contributed by atoms with van der Waals surface area (Å²) >= 11 is 0. The van der Waals surface area contributed by atoms with Crippen molar-refractivity contribution in [3.8, 4) is 11.5 Å². The van der Waals surface area contributed by atoms with E-state index >= 15 is 0 Å². The van der Waals surface area contributed by atoms with E-state index in [1.807, 2.05) is 32.3 Å². The molecule has 1 aliphatic carbocycles. The standard InChI is InChI=1S/C20H32N2O3/c1-22(2)17(16-10-11-18(24-3)19(13-16)25-4)14-21-20(23)12-15-8-6-5-7-9-15/h10-11,13,15,17H,5-9,12,14H2,1-4H3,(H,21,23). The first-order chi connectivity index (χ1) is 12.0. The quantitative estimate of drug-likeness (QED) is 0.782. The number of rotatable bonds is 8. The van der Waals surface area contributed by atoms with E-state index in [2.05, 4.69) is 10.2 Å². The zero-order chi connectivity index (χ0) is 18.2. The molecule has 1 N–H and O–H groups in total. The molecule has 1 amide bonds. The molecule has 0 radical (unpaired) electrons. The minimum Gasteiger partial charge on any atom is -0.493 e. The molecule has 0 bridgehead atoms. The Morgan fingerprint density at radius 3 is 2.44 bits per heavy atom. The number of hydrogen-bond acceptors (Lipinski definition) is 4. The predicted molar refractivity (Wildman–Crippen MR) is 100 cm³/mol. The van der Waals surface area contributed by atoms with Gasteiger partial charge < -0.3 is 19.7 Å². The summed E-state index contributed by atoms with van der Waals surface area (Å²) in [7, 11) is 7.31. The summed E-state index contributed by atoms with van der Waals surface area (Å²) in [5, 5.41) is 3.12. The summed E-state index contributed by atoms with van der Waals surface area (Å²) in [6.45, 7) is 0.591.